The van der Waals surface area contributed by atoms with Crippen molar-refractivity contribution in [3.8, 4) is 5.75 Å². The molecule has 0 aliphatic carbocycles. The molecule has 0 amide bonds. The molecule has 0 aliphatic heterocycles. The summed E-state index contributed by atoms with van der Waals surface area (Å²) < 4.78 is 19.0. The lowest BCUT2D eigenvalue weighted by molar-refractivity contribution is 0.299. The molecule has 0 spiro atoms. The van der Waals surface area contributed by atoms with Crippen LogP contribution >= 0.6 is 0 Å². The Balaban J connectivity index is 1.73. The van der Waals surface area contributed by atoms with Gasteiger partial charge in [-0.25, -0.2) is 4.39 Å². The topological polar surface area (TPSA) is 12.5 Å². The van der Waals surface area contributed by atoms with Crippen LogP contribution in [0.1, 0.15) is 36.8 Å². The fourth-order valence-electron chi connectivity index (χ4n) is 2.85. The van der Waals surface area contributed by atoms with E-state index in [0.29, 0.717) is 0 Å². The minimum Gasteiger partial charge on any atom is -0.493 e. The van der Waals surface area contributed by atoms with Crippen LogP contribution < -0.4 is 4.74 Å². The Kier molecular flexibility index (Phi) is 8.47. The zero-order valence-electron chi connectivity index (χ0n) is 15.5. The summed E-state index contributed by atoms with van der Waals surface area (Å²) in [7, 11) is 4.23. The second kappa shape index (κ2) is 10.9. The molecule has 0 atom stereocenters. The molecule has 2 nitrogen and oxygen atoms in total. The third kappa shape index (κ3) is 7.70. The predicted molar refractivity (Wildman–Crippen MR) is 103 cm³/mol. The Hall–Kier alpha value is -1.87. The Morgan fingerprint density at radius 2 is 1.56 bits per heavy atom. The number of halogens is 1. The number of hydrogen-bond donors (Lipinski definition) is 0. The van der Waals surface area contributed by atoms with Gasteiger partial charge in [-0.15, -0.1) is 0 Å². The number of aryl methyl sites for hydroxylation is 2. The highest BCUT2D eigenvalue weighted by molar-refractivity contribution is 5.34. The van der Waals surface area contributed by atoms with Crippen molar-refractivity contribution in [2.45, 2.75) is 38.5 Å². The summed E-state index contributed by atoms with van der Waals surface area (Å²) in [5.74, 6) is 0.802. The number of benzene rings is 2. The van der Waals surface area contributed by atoms with E-state index in [2.05, 4.69) is 25.1 Å². The van der Waals surface area contributed by atoms with E-state index in [1.165, 1.54) is 37.0 Å². The molecule has 0 saturated carbocycles. The lowest BCUT2D eigenvalue weighted by atomic mass is 10.0. The highest BCUT2D eigenvalue weighted by atomic mass is 19.1. The van der Waals surface area contributed by atoms with Gasteiger partial charge in [0.05, 0.1) is 6.61 Å². The molecule has 136 valence electrons. The van der Waals surface area contributed by atoms with Gasteiger partial charge in [-0.05, 0) is 75.6 Å². The molecule has 2 aromatic carbocycles. The highest BCUT2D eigenvalue weighted by Crippen LogP contribution is 2.20. The van der Waals surface area contributed by atoms with E-state index in [0.717, 1.165) is 43.7 Å². The van der Waals surface area contributed by atoms with Crippen LogP contribution in [0.4, 0.5) is 4.39 Å². The molecule has 0 N–H and O–H groups in total. The third-order valence-electron chi connectivity index (χ3n) is 4.33. The number of nitrogens with zero attached hydrogens (tertiary/aromatic N) is 1. The summed E-state index contributed by atoms with van der Waals surface area (Å²) in [6, 6.07) is 15.0. The minimum atomic E-state index is -0.182. The van der Waals surface area contributed by atoms with E-state index in [4.69, 9.17) is 4.74 Å². The first-order valence-electron chi connectivity index (χ1n) is 9.25. The molecule has 0 saturated heterocycles. The van der Waals surface area contributed by atoms with Gasteiger partial charge in [0.15, 0.2) is 0 Å². The van der Waals surface area contributed by atoms with Gasteiger partial charge >= 0.3 is 0 Å². The number of para-hydroxylation sites is 1. The highest BCUT2D eigenvalue weighted by Gasteiger charge is 2.04. The summed E-state index contributed by atoms with van der Waals surface area (Å²) in [6.07, 6.45) is 6.62. The zero-order chi connectivity index (χ0) is 17.9. The van der Waals surface area contributed by atoms with E-state index >= 15 is 0 Å². The molecule has 0 radical (unpaired) electrons. The van der Waals surface area contributed by atoms with E-state index in [-0.39, 0.29) is 5.82 Å². The Bertz CT molecular complexity index is 610. The number of rotatable bonds is 11. The molecule has 0 aromatic heterocycles. The zero-order valence-corrected chi connectivity index (χ0v) is 15.5. The minimum absolute atomic E-state index is 0.182. The average molecular weight is 343 g/mol. The molecule has 2 rings (SSSR count). The second-order valence-electron chi connectivity index (χ2n) is 6.80. The summed E-state index contributed by atoms with van der Waals surface area (Å²) in [4.78, 5) is 2.23. The SMILES string of the molecule is CN(C)CCCCCCOc1ccccc1CCc1ccc(F)cc1. The van der Waals surface area contributed by atoms with Crippen molar-refractivity contribution >= 4 is 0 Å². The van der Waals surface area contributed by atoms with Crippen molar-refractivity contribution in [1.82, 2.24) is 4.90 Å². The predicted octanol–water partition coefficient (Wildman–Crippen LogP) is 5.11. The molecular weight excluding hydrogens is 313 g/mol. The first-order chi connectivity index (χ1) is 12.1. The molecule has 3 heteroatoms. The number of ether oxygens (including phenoxy) is 1. The van der Waals surface area contributed by atoms with Crippen molar-refractivity contribution in [3.63, 3.8) is 0 Å². The van der Waals surface area contributed by atoms with Crippen molar-refractivity contribution < 1.29 is 9.13 Å². The Morgan fingerprint density at radius 3 is 2.32 bits per heavy atom. The third-order valence-corrected chi connectivity index (χ3v) is 4.33. The van der Waals surface area contributed by atoms with E-state index < -0.39 is 0 Å². The normalized spacial score (nSPS) is 11.0. The Labute approximate surface area is 151 Å². The van der Waals surface area contributed by atoms with Crippen LogP contribution in [0.5, 0.6) is 5.75 Å². The second-order valence-corrected chi connectivity index (χ2v) is 6.80. The molecule has 0 aliphatic rings. The molecule has 25 heavy (non-hydrogen) atoms. The van der Waals surface area contributed by atoms with Gasteiger partial charge < -0.3 is 9.64 Å². The fraction of sp³-hybridized carbons (Fsp3) is 0.455. The lowest BCUT2D eigenvalue weighted by Crippen LogP contribution is -2.12. The standard InChI is InChI=1S/C22H30FNO/c1-24(2)17-7-3-4-8-18-25-22-10-6-5-9-20(22)14-11-19-12-15-21(23)16-13-19/h5-6,9-10,12-13,15-16H,3-4,7-8,11,14,17-18H2,1-2H3. The van der Waals surface area contributed by atoms with Crippen LogP contribution in [-0.4, -0.2) is 32.1 Å². The van der Waals surface area contributed by atoms with Crippen LogP contribution in [0, 0.1) is 5.82 Å². The summed E-state index contributed by atoms with van der Waals surface area (Å²) in [5.41, 5.74) is 2.37. The molecule has 0 heterocycles. The fourth-order valence-corrected chi connectivity index (χ4v) is 2.85. The van der Waals surface area contributed by atoms with Gasteiger partial charge in [0.1, 0.15) is 11.6 Å². The number of hydrogen-bond acceptors (Lipinski definition) is 2. The monoisotopic (exact) mass is 343 g/mol. The van der Waals surface area contributed by atoms with Gasteiger partial charge in [0, 0.05) is 0 Å². The maximum absolute atomic E-state index is 13.0. The van der Waals surface area contributed by atoms with Crippen LogP contribution in [0.25, 0.3) is 0 Å². The van der Waals surface area contributed by atoms with Crippen LogP contribution in [-0.2, 0) is 12.8 Å². The van der Waals surface area contributed by atoms with Crippen LogP contribution in [0.2, 0.25) is 0 Å². The van der Waals surface area contributed by atoms with Crippen molar-refractivity contribution in [2.24, 2.45) is 0 Å². The lowest BCUT2D eigenvalue weighted by Gasteiger charge is -2.12. The summed E-state index contributed by atoms with van der Waals surface area (Å²) >= 11 is 0. The van der Waals surface area contributed by atoms with Gasteiger partial charge in [-0.3, -0.25) is 0 Å². The van der Waals surface area contributed by atoms with Crippen LogP contribution in [0.3, 0.4) is 0 Å². The molecule has 0 unspecified atom stereocenters. The van der Waals surface area contributed by atoms with E-state index in [1.54, 1.807) is 0 Å². The maximum Gasteiger partial charge on any atom is 0.123 e. The van der Waals surface area contributed by atoms with E-state index in [1.807, 2.05) is 30.3 Å². The Morgan fingerprint density at radius 1 is 0.840 bits per heavy atom. The van der Waals surface area contributed by atoms with Gasteiger partial charge in [-0.2, -0.15) is 0 Å². The smallest absolute Gasteiger partial charge is 0.123 e. The first kappa shape index (κ1) is 19.5. The summed E-state index contributed by atoms with van der Waals surface area (Å²) in [6.45, 7) is 1.93. The quantitative estimate of drug-likeness (QED) is 0.526. The largest absolute Gasteiger partial charge is 0.493 e. The van der Waals surface area contributed by atoms with Crippen molar-refractivity contribution in [2.75, 3.05) is 27.2 Å². The van der Waals surface area contributed by atoms with Gasteiger partial charge in [0.25, 0.3) is 0 Å². The maximum atomic E-state index is 13.0. The number of unbranched alkanes of at least 4 members (excludes halogenated alkanes) is 3. The van der Waals surface area contributed by atoms with Crippen molar-refractivity contribution in [1.29, 1.82) is 0 Å². The van der Waals surface area contributed by atoms with Gasteiger partial charge in [0.2, 0.25) is 0 Å². The summed E-state index contributed by atoms with van der Waals surface area (Å²) in [5, 5.41) is 0. The molecule has 0 bridgehead atoms. The average Bonchev–Trinajstić information content (AvgIpc) is 2.61. The molecule has 2 aromatic rings. The molecular formula is C22H30FNO. The first-order valence-corrected chi connectivity index (χ1v) is 9.25. The van der Waals surface area contributed by atoms with E-state index in [9.17, 15) is 4.39 Å². The van der Waals surface area contributed by atoms with Gasteiger partial charge in [-0.1, -0.05) is 43.2 Å². The molecule has 0 fully saturated rings. The van der Waals surface area contributed by atoms with Crippen molar-refractivity contribution in [3.05, 3.63) is 65.5 Å². The van der Waals surface area contributed by atoms with Crippen LogP contribution in [0.15, 0.2) is 48.5 Å².